The number of nitrogens with zero attached hydrogens (tertiary/aromatic N) is 1. The Balaban J connectivity index is 1.52. The summed E-state index contributed by atoms with van der Waals surface area (Å²) in [5.74, 6) is 0.597. The zero-order chi connectivity index (χ0) is 16.2. The van der Waals surface area contributed by atoms with E-state index in [1.807, 2.05) is 24.3 Å². The number of rotatable bonds is 4. The number of hydrogen-bond donors (Lipinski definition) is 2. The predicted octanol–water partition coefficient (Wildman–Crippen LogP) is 0.824. The van der Waals surface area contributed by atoms with Gasteiger partial charge < -0.3 is 15.8 Å². The first-order valence-electron chi connectivity index (χ1n) is 8.16. The Bertz CT molecular complexity index is 582. The van der Waals surface area contributed by atoms with Gasteiger partial charge in [-0.05, 0) is 32.0 Å². The van der Waals surface area contributed by atoms with Gasteiger partial charge in [0.25, 0.3) is 0 Å². The van der Waals surface area contributed by atoms with Crippen LogP contribution in [0, 0.1) is 5.92 Å². The molecule has 1 aromatic rings. The van der Waals surface area contributed by atoms with E-state index in [4.69, 9.17) is 10.5 Å². The number of likely N-dealkylation sites (tertiary alicyclic amines) is 1. The molecule has 0 saturated carbocycles. The third-order valence-corrected chi connectivity index (χ3v) is 4.65. The summed E-state index contributed by atoms with van der Waals surface area (Å²) in [6.45, 7) is 2.47. The van der Waals surface area contributed by atoms with E-state index in [0.717, 1.165) is 43.7 Å². The number of carbonyl (C=O) groups is 2. The first-order valence-corrected chi connectivity index (χ1v) is 8.16. The molecule has 0 spiro atoms. The van der Waals surface area contributed by atoms with Crippen LogP contribution in [-0.2, 0) is 9.59 Å². The van der Waals surface area contributed by atoms with Crippen LogP contribution in [0.3, 0.4) is 0 Å². The molecule has 2 heterocycles. The first-order chi connectivity index (χ1) is 11.1. The summed E-state index contributed by atoms with van der Waals surface area (Å²) in [5.41, 5.74) is 6.38. The summed E-state index contributed by atoms with van der Waals surface area (Å²) in [5, 5.41) is 3.10. The van der Waals surface area contributed by atoms with E-state index in [1.165, 1.54) is 0 Å². The number of carbonyl (C=O) groups excluding carboxylic acids is 2. The zero-order valence-corrected chi connectivity index (χ0v) is 13.2. The number of para-hydroxylation sites is 1. The predicted molar refractivity (Wildman–Crippen MR) is 85.8 cm³/mol. The number of nitrogens with one attached hydrogen (secondary N) is 1. The largest absolute Gasteiger partial charge is 0.493 e. The molecule has 3 rings (SSSR count). The Morgan fingerprint density at radius 2 is 1.96 bits per heavy atom. The molecule has 1 atom stereocenters. The summed E-state index contributed by atoms with van der Waals surface area (Å²) < 4.78 is 5.61. The molecule has 0 aliphatic carbocycles. The van der Waals surface area contributed by atoms with E-state index in [2.05, 4.69) is 10.2 Å². The van der Waals surface area contributed by atoms with Crippen LogP contribution in [0.5, 0.6) is 5.75 Å². The van der Waals surface area contributed by atoms with Crippen molar-refractivity contribution >= 4 is 11.8 Å². The number of hydrogen-bond acceptors (Lipinski definition) is 4. The Hall–Kier alpha value is -2.08. The van der Waals surface area contributed by atoms with E-state index in [9.17, 15) is 9.59 Å². The van der Waals surface area contributed by atoms with Crippen LogP contribution in [0.4, 0.5) is 0 Å². The number of ether oxygens (including phenoxy) is 1. The van der Waals surface area contributed by atoms with Crippen LogP contribution in [-0.4, -0.2) is 43.0 Å². The molecule has 1 fully saturated rings. The van der Waals surface area contributed by atoms with Crippen LogP contribution in [0.15, 0.2) is 24.3 Å². The summed E-state index contributed by atoms with van der Waals surface area (Å²) >= 11 is 0. The topological polar surface area (TPSA) is 84.7 Å². The number of nitrogens with two attached hydrogens (primary N) is 1. The lowest BCUT2D eigenvalue weighted by atomic mass is 9.96. The van der Waals surface area contributed by atoms with E-state index in [1.54, 1.807) is 0 Å². The summed E-state index contributed by atoms with van der Waals surface area (Å²) in [7, 11) is 0. The van der Waals surface area contributed by atoms with Crippen molar-refractivity contribution in [2.75, 3.05) is 26.2 Å². The molecule has 0 radical (unpaired) electrons. The lowest BCUT2D eigenvalue weighted by Crippen LogP contribution is -2.44. The average molecular weight is 317 g/mol. The lowest BCUT2D eigenvalue weighted by molar-refractivity contribution is -0.124. The maximum Gasteiger partial charge on any atom is 0.234 e. The van der Waals surface area contributed by atoms with Crippen LogP contribution >= 0.6 is 0 Å². The number of amides is 2. The van der Waals surface area contributed by atoms with Crippen molar-refractivity contribution in [3.63, 3.8) is 0 Å². The molecule has 1 saturated heterocycles. The third kappa shape index (κ3) is 3.82. The molecule has 0 bridgehead atoms. The summed E-state index contributed by atoms with van der Waals surface area (Å²) in [6.07, 6.45) is 2.26. The minimum absolute atomic E-state index is 0.00982. The van der Waals surface area contributed by atoms with Gasteiger partial charge in [-0.1, -0.05) is 18.2 Å². The molecule has 0 unspecified atom stereocenters. The van der Waals surface area contributed by atoms with Crippen molar-refractivity contribution in [2.24, 2.45) is 11.7 Å². The highest BCUT2D eigenvalue weighted by Crippen LogP contribution is 2.31. The van der Waals surface area contributed by atoms with Crippen LogP contribution in [0.1, 0.15) is 30.9 Å². The molecule has 1 aromatic carbocycles. The van der Waals surface area contributed by atoms with Crippen molar-refractivity contribution in [1.29, 1.82) is 0 Å². The normalized spacial score (nSPS) is 22.0. The maximum atomic E-state index is 12.3. The van der Waals surface area contributed by atoms with Gasteiger partial charge in [0.05, 0.1) is 19.2 Å². The summed E-state index contributed by atoms with van der Waals surface area (Å²) in [4.78, 5) is 25.6. The van der Waals surface area contributed by atoms with Gasteiger partial charge in [-0.2, -0.15) is 0 Å². The van der Waals surface area contributed by atoms with Gasteiger partial charge in [0, 0.05) is 17.9 Å². The number of piperidine rings is 1. The minimum Gasteiger partial charge on any atom is -0.493 e. The molecule has 0 aromatic heterocycles. The van der Waals surface area contributed by atoms with Gasteiger partial charge in [-0.3, -0.25) is 14.5 Å². The van der Waals surface area contributed by atoms with Crippen molar-refractivity contribution < 1.29 is 14.3 Å². The van der Waals surface area contributed by atoms with E-state index < -0.39 is 0 Å². The lowest BCUT2D eigenvalue weighted by Gasteiger charge is -2.31. The molecule has 2 aliphatic rings. The van der Waals surface area contributed by atoms with Crippen molar-refractivity contribution in [1.82, 2.24) is 10.2 Å². The molecule has 2 amide bonds. The van der Waals surface area contributed by atoms with Gasteiger partial charge in [-0.15, -0.1) is 0 Å². The third-order valence-electron chi connectivity index (χ3n) is 4.65. The van der Waals surface area contributed by atoms with Crippen LogP contribution in [0.25, 0.3) is 0 Å². The second-order valence-electron chi connectivity index (χ2n) is 6.25. The van der Waals surface area contributed by atoms with E-state index in [0.29, 0.717) is 13.2 Å². The van der Waals surface area contributed by atoms with E-state index >= 15 is 0 Å². The highest BCUT2D eigenvalue weighted by Gasteiger charge is 2.26. The zero-order valence-electron chi connectivity index (χ0n) is 13.2. The second-order valence-corrected chi connectivity index (χ2v) is 6.25. The van der Waals surface area contributed by atoms with E-state index in [-0.39, 0.29) is 23.8 Å². The highest BCUT2D eigenvalue weighted by molar-refractivity contribution is 5.79. The van der Waals surface area contributed by atoms with Gasteiger partial charge in [0.15, 0.2) is 0 Å². The molecule has 23 heavy (non-hydrogen) atoms. The summed E-state index contributed by atoms with van der Waals surface area (Å²) in [6, 6.07) is 7.84. The second kappa shape index (κ2) is 7.00. The number of benzene rings is 1. The molecule has 6 heteroatoms. The smallest absolute Gasteiger partial charge is 0.234 e. The van der Waals surface area contributed by atoms with Gasteiger partial charge >= 0.3 is 0 Å². The van der Waals surface area contributed by atoms with Crippen LogP contribution in [0.2, 0.25) is 0 Å². The Morgan fingerprint density at radius 3 is 2.70 bits per heavy atom. The van der Waals surface area contributed by atoms with Gasteiger partial charge in [0.1, 0.15) is 5.75 Å². The molecule has 124 valence electrons. The molecular formula is C17H23N3O3. The van der Waals surface area contributed by atoms with Gasteiger partial charge in [0.2, 0.25) is 11.8 Å². The molecule has 3 N–H and O–H groups in total. The quantitative estimate of drug-likeness (QED) is 0.861. The highest BCUT2D eigenvalue weighted by atomic mass is 16.5. The fourth-order valence-electron chi connectivity index (χ4n) is 3.31. The molecular weight excluding hydrogens is 294 g/mol. The monoisotopic (exact) mass is 317 g/mol. The van der Waals surface area contributed by atoms with Crippen molar-refractivity contribution in [3.05, 3.63) is 29.8 Å². The SMILES string of the molecule is NC(=O)C1CCN(CC(=O)N[C@@H]2CCOc3ccccc32)CC1. The Labute approximate surface area is 136 Å². The molecule has 6 nitrogen and oxygen atoms in total. The standard InChI is InChI=1S/C17H23N3O3/c18-17(22)12-5-8-20(9-6-12)11-16(21)19-14-7-10-23-15-4-2-1-3-13(14)15/h1-4,12,14H,5-11H2,(H2,18,22)(H,19,21)/t14-/m1/s1. The Morgan fingerprint density at radius 1 is 1.22 bits per heavy atom. The molecule has 2 aliphatic heterocycles. The van der Waals surface area contributed by atoms with Crippen LogP contribution < -0.4 is 15.8 Å². The average Bonchev–Trinajstić information content (AvgIpc) is 2.55. The fraction of sp³-hybridized carbons (Fsp3) is 0.529. The van der Waals surface area contributed by atoms with Crippen molar-refractivity contribution in [2.45, 2.75) is 25.3 Å². The first kappa shape index (κ1) is 15.8. The minimum atomic E-state index is -0.229. The van der Waals surface area contributed by atoms with Crippen molar-refractivity contribution in [3.8, 4) is 5.75 Å². The number of primary amides is 1. The maximum absolute atomic E-state index is 12.3. The van der Waals surface area contributed by atoms with Gasteiger partial charge in [-0.25, -0.2) is 0 Å². The fourth-order valence-corrected chi connectivity index (χ4v) is 3.31. The Kier molecular flexibility index (Phi) is 4.81. The number of fused-ring (bicyclic) bond motifs is 1.